The number of anilines is 1. The molecule has 0 bridgehead atoms. The largest absolute Gasteiger partial charge is 0.486 e. The van der Waals surface area contributed by atoms with Crippen LogP contribution in [0.3, 0.4) is 0 Å². The molecule has 0 aromatic heterocycles. The van der Waals surface area contributed by atoms with E-state index in [4.69, 9.17) is 9.47 Å². The fourth-order valence-electron chi connectivity index (χ4n) is 4.96. The third-order valence-corrected chi connectivity index (χ3v) is 8.55. The summed E-state index contributed by atoms with van der Waals surface area (Å²) in [5, 5.41) is 0. The molecule has 2 heterocycles. The number of carbonyl (C=O) groups is 1. The standard InChI is InChI=1S/C25H31N3O5S/c1-16-7-8-17(2)22(9-16)25(29)27-14-23(32-3)24(15-27)33-21-6-4-5-20(11-21)26-34(30,31)28-12-18-10-19(18)13-28/h4-9,11,18-19,23-24,26H,10,12-15H2,1-3H3/t18?,19?,23-,24-/m1/s1. The number of benzene rings is 2. The van der Waals surface area contributed by atoms with Crippen LogP contribution in [0.15, 0.2) is 42.5 Å². The summed E-state index contributed by atoms with van der Waals surface area (Å²) < 4.78 is 41.5. The maximum absolute atomic E-state index is 13.2. The Labute approximate surface area is 201 Å². The molecule has 2 aromatic rings. The predicted molar refractivity (Wildman–Crippen MR) is 129 cm³/mol. The summed E-state index contributed by atoms with van der Waals surface area (Å²) in [7, 11) is -1.97. The Hall–Kier alpha value is -2.62. The Bertz CT molecular complexity index is 1190. The lowest BCUT2D eigenvalue weighted by Crippen LogP contribution is -2.35. The molecule has 182 valence electrons. The third kappa shape index (κ3) is 4.64. The smallest absolute Gasteiger partial charge is 0.301 e. The quantitative estimate of drug-likeness (QED) is 0.652. The SMILES string of the molecule is CO[C@@H]1CN(C(=O)c2cc(C)ccc2C)C[C@H]1Oc1cccc(NS(=O)(=O)N2CC3CC3C2)c1. The Morgan fingerprint density at radius 3 is 2.47 bits per heavy atom. The first-order chi connectivity index (χ1) is 16.2. The highest BCUT2D eigenvalue weighted by molar-refractivity contribution is 7.90. The number of amides is 1. The summed E-state index contributed by atoms with van der Waals surface area (Å²) in [6, 6.07) is 12.8. The van der Waals surface area contributed by atoms with Crippen molar-refractivity contribution in [2.24, 2.45) is 11.8 Å². The molecule has 5 rings (SSSR count). The normalized spacial score (nSPS) is 26.4. The van der Waals surface area contributed by atoms with Crippen LogP contribution in [-0.4, -0.2) is 69.0 Å². The zero-order valence-electron chi connectivity index (χ0n) is 19.7. The summed E-state index contributed by atoms with van der Waals surface area (Å²) in [5.74, 6) is 1.53. The molecule has 0 spiro atoms. The number of hydrogen-bond donors (Lipinski definition) is 1. The van der Waals surface area contributed by atoms with Gasteiger partial charge in [0.15, 0.2) is 0 Å². The number of rotatable bonds is 7. The minimum absolute atomic E-state index is 0.0421. The van der Waals surface area contributed by atoms with Gasteiger partial charge in [-0.3, -0.25) is 9.52 Å². The van der Waals surface area contributed by atoms with Crippen LogP contribution in [0.2, 0.25) is 0 Å². The molecular weight excluding hydrogens is 454 g/mol. The molecular formula is C25H31N3O5S. The van der Waals surface area contributed by atoms with Crippen LogP contribution in [0.25, 0.3) is 0 Å². The second-order valence-electron chi connectivity index (χ2n) is 9.67. The van der Waals surface area contributed by atoms with E-state index in [9.17, 15) is 13.2 Å². The number of likely N-dealkylation sites (tertiary alicyclic amines) is 1. The molecule has 3 fully saturated rings. The average Bonchev–Trinajstić information content (AvgIpc) is 3.21. The van der Waals surface area contributed by atoms with Gasteiger partial charge in [-0.15, -0.1) is 0 Å². The van der Waals surface area contributed by atoms with E-state index in [1.165, 1.54) is 4.31 Å². The zero-order valence-corrected chi connectivity index (χ0v) is 20.5. The molecule has 1 aliphatic carbocycles. The van der Waals surface area contributed by atoms with Crippen LogP contribution in [0.4, 0.5) is 5.69 Å². The van der Waals surface area contributed by atoms with E-state index >= 15 is 0 Å². The van der Waals surface area contributed by atoms with Crippen molar-refractivity contribution in [2.45, 2.75) is 32.5 Å². The van der Waals surface area contributed by atoms with Gasteiger partial charge in [0, 0.05) is 31.8 Å². The van der Waals surface area contributed by atoms with Gasteiger partial charge in [0.2, 0.25) is 0 Å². The van der Waals surface area contributed by atoms with Crippen molar-refractivity contribution >= 4 is 21.8 Å². The van der Waals surface area contributed by atoms with Crippen molar-refractivity contribution in [1.82, 2.24) is 9.21 Å². The summed E-state index contributed by atoms with van der Waals surface area (Å²) in [4.78, 5) is 14.9. The first-order valence-electron chi connectivity index (χ1n) is 11.7. The Kier molecular flexibility index (Phi) is 6.03. The summed E-state index contributed by atoms with van der Waals surface area (Å²) in [6.07, 6.45) is 0.489. The van der Waals surface area contributed by atoms with E-state index in [-0.39, 0.29) is 18.1 Å². The molecule has 2 saturated heterocycles. The summed E-state index contributed by atoms with van der Waals surface area (Å²) in [6.45, 7) is 5.91. The van der Waals surface area contributed by atoms with Crippen molar-refractivity contribution in [2.75, 3.05) is 38.0 Å². The molecule has 2 aliphatic heterocycles. The molecule has 1 saturated carbocycles. The van der Waals surface area contributed by atoms with Crippen LogP contribution in [-0.2, 0) is 14.9 Å². The van der Waals surface area contributed by atoms with Crippen molar-refractivity contribution in [1.29, 1.82) is 0 Å². The van der Waals surface area contributed by atoms with Crippen molar-refractivity contribution in [3.05, 3.63) is 59.2 Å². The van der Waals surface area contributed by atoms with Gasteiger partial charge in [-0.1, -0.05) is 23.8 Å². The number of methoxy groups -OCH3 is 1. The van der Waals surface area contributed by atoms with Gasteiger partial charge in [-0.25, -0.2) is 0 Å². The van der Waals surface area contributed by atoms with Gasteiger partial charge in [0.1, 0.15) is 18.0 Å². The van der Waals surface area contributed by atoms with Crippen LogP contribution < -0.4 is 9.46 Å². The maximum atomic E-state index is 13.2. The van der Waals surface area contributed by atoms with Crippen LogP contribution >= 0.6 is 0 Å². The fourth-order valence-corrected chi connectivity index (χ4v) is 6.29. The van der Waals surface area contributed by atoms with Gasteiger partial charge in [0.05, 0.1) is 18.8 Å². The van der Waals surface area contributed by atoms with Gasteiger partial charge in [0.25, 0.3) is 5.91 Å². The highest BCUT2D eigenvalue weighted by Gasteiger charge is 2.48. The van der Waals surface area contributed by atoms with Gasteiger partial charge >= 0.3 is 10.2 Å². The molecule has 4 atom stereocenters. The number of fused-ring (bicyclic) bond motifs is 1. The second kappa shape index (κ2) is 8.87. The molecule has 2 unspecified atom stereocenters. The summed E-state index contributed by atoms with van der Waals surface area (Å²) >= 11 is 0. The Morgan fingerprint density at radius 1 is 1.00 bits per heavy atom. The number of ether oxygens (including phenoxy) is 2. The van der Waals surface area contributed by atoms with Crippen molar-refractivity contribution in [3.63, 3.8) is 0 Å². The third-order valence-electron chi connectivity index (χ3n) is 7.08. The first kappa shape index (κ1) is 23.1. The monoisotopic (exact) mass is 485 g/mol. The number of aryl methyl sites for hydroxylation is 2. The lowest BCUT2D eigenvalue weighted by Gasteiger charge is -2.21. The molecule has 1 amide bonds. The van der Waals surface area contributed by atoms with E-state index in [0.29, 0.717) is 55.0 Å². The van der Waals surface area contributed by atoms with E-state index in [1.807, 2.05) is 32.0 Å². The van der Waals surface area contributed by atoms with Gasteiger partial charge in [-0.2, -0.15) is 12.7 Å². The average molecular weight is 486 g/mol. The zero-order chi connectivity index (χ0) is 24.0. The molecule has 0 radical (unpaired) electrons. The Balaban J connectivity index is 1.26. The number of hydrogen-bond acceptors (Lipinski definition) is 5. The van der Waals surface area contributed by atoms with Crippen LogP contribution in [0.1, 0.15) is 27.9 Å². The Morgan fingerprint density at radius 2 is 1.74 bits per heavy atom. The lowest BCUT2D eigenvalue weighted by molar-refractivity contribution is 0.0340. The van der Waals surface area contributed by atoms with E-state index in [0.717, 1.165) is 17.5 Å². The first-order valence-corrected chi connectivity index (χ1v) is 13.1. The number of carbonyl (C=O) groups excluding carboxylic acids is 1. The number of nitrogens with one attached hydrogen (secondary N) is 1. The fraction of sp³-hybridized carbons (Fsp3) is 0.480. The summed E-state index contributed by atoms with van der Waals surface area (Å²) in [5.41, 5.74) is 3.11. The van der Waals surface area contributed by atoms with E-state index < -0.39 is 10.2 Å². The number of nitrogens with zero attached hydrogens (tertiary/aromatic N) is 2. The molecule has 9 heteroatoms. The van der Waals surface area contributed by atoms with Gasteiger partial charge in [-0.05, 0) is 55.9 Å². The van der Waals surface area contributed by atoms with E-state index in [1.54, 1.807) is 36.3 Å². The van der Waals surface area contributed by atoms with E-state index in [2.05, 4.69) is 4.72 Å². The molecule has 3 aliphatic rings. The highest BCUT2D eigenvalue weighted by atomic mass is 32.2. The topological polar surface area (TPSA) is 88.2 Å². The van der Waals surface area contributed by atoms with Crippen LogP contribution in [0.5, 0.6) is 5.75 Å². The minimum atomic E-state index is -3.58. The number of piperidine rings is 1. The molecule has 34 heavy (non-hydrogen) atoms. The van der Waals surface area contributed by atoms with Crippen molar-refractivity contribution < 1.29 is 22.7 Å². The van der Waals surface area contributed by atoms with Crippen molar-refractivity contribution in [3.8, 4) is 5.75 Å². The lowest BCUT2D eigenvalue weighted by atomic mass is 10.0. The molecule has 1 N–H and O–H groups in total. The second-order valence-corrected chi connectivity index (χ2v) is 11.3. The van der Waals surface area contributed by atoms with Crippen LogP contribution in [0, 0.1) is 25.7 Å². The molecule has 2 aromatic carbocycles. The maximum Gasteiger partial charge on any atom is 0.301 e. The molecule has 8 nitrogen and oxygen atoms in total. The van der Waals surface area contributed by atoms with Gasteiger partial charge < -0.3 is 14.4 Å². The minimum Gasteiger partial charge on any atom is -0.486 e. The highest BCUT2D eigenvalue weighted by Crippen LogP contribution is 2.45. The predicted octanol–water partition coefficient (Wildman–Crippen LogP) is 2.83.